The molecule has 0 aliphatic heterocycles. The van der Waals surface area contributed by atoms with Gasteiger partial charge in [-0.15, -0.1) is 6.42 Å². The lowest BCUT2D eigenvalue weighted by Crippen LogP contribution is -2.06. The molecule has 0 bridgehead atoms. The highest BCUT2D eigenvalue weighted by Gasteiger charge is 2.04. The van der Waals surface area contributed by atoms with Gasteiger partial charge >= 0.3 is 0 Å². The van der Waals surface area contributed by atoms with Crippen molar-refractivity contribution < 1.29 is 9.53 Å². The zero-order valence-electron chi connectivity index (χ0n) is 8.28. The largest absolute Gasteiger partial charge is 0.491 e. The first-order valence-electron chi connectivity index (χ1n) is 4.41. The Morgan fingerprint density at radius 3 is 2.79 bits per heavy atom. The number of ketones is 1. The van der Waals surface area contributed by atoms with E-state index in [0.717, 1.165) is 0 Å². The van der Waals surface area contributed by atoms with Gasteiger partial charge in [-0.25, -0.2) is 0 Å². The lowest BCUT2D eigenvalue weighted by atomic mass is 10.1. The average Bonchev–Trinajstić information content (AvgIpc) is 2.16. The van der Waals surface area contributed by atoms with Gasteiger partial charge in [0, 0.05) is 5.56 Å². The van der Waals surface area contributed by atoms with Crippen LogP contribution in [0.25, 0.3) is 0 Å². The zero-order valence-corrected chi connectivity index (χ0v) is 8.28. The number of terminal acetylenes is 1. The molecule has 0 saturated carbocycles. The van der Waals surface area contributed by atoms with E-state index in [9.17, 15) is 4.79 Å². The third kappa shape index (κ3) is 2.63. The summed E-state index contributed by atoms with van der Waals surface area (Å²) >= 11 is 0. The minimum atomic E-state index is -0.320. The maximum absolute atomic E-state index is 11.2. The van der Waals surface area contributed by atoms with E-state index in [1.54, 1.807) is 24.3 Å². The quantitative estimate of drug-likeness (QED) is 0.413. The number of Topliss-reactive ketones (excluding diaryl/α,β-unsaturated/α-hetero) is 1. The molecule has 0 spiro atoms. The molecule has 0 heterocycles. The highest BCUT2D eigenvalue weighted by atomic mass is 16.5. The lowest BCUT2D eigenvalue weighted by molar-refractivity contribution is 0.105. The van der Waals surface area contributed by atoms with Crippen molar-refractivity contribution >= 4 is 5.78 Å². The summed E-state index contributed by atoms with van der Waals surface area (Å²) in [6.45, 7) is 3.85. The van der Waals surface area contributed by atoms with Crippen LogP contribution in [0.5, 0.6) is 5.75 Å². The van der Waals surface area contributed by atoms with Gasteiger partial charge in [-0.05, 0) is 31.9 Å². The molecule has 0 fully saturated rings. The molecule has 0 atom stereocenters. The van der Waals surface area contributed by atoms with Crippen LogP contribution in [0.4, 0.5) is 0 Å². The second-order valence-electron chi connectivity index (χ2n) is 3.17. The Kier molecular flexibility index (Phi) is 3.30. The smallest absolute Gasteiger partial charge is 0.235 e. The van der Waals surface area contributed by atoms with Crippen molar-refractivity contribution in [2.45, 2.75) is 20.0 Å². The molecule has 0 radical (unpaired) electrons. The van der Waals surface area contributed by atoms with Gasteiger partial charge in [0.15, 0.2) is 0 Å². The second-order valence-corrected chi connectivity index (χ2v) is 3.17. The second kappa shape index (κ2) is 4.48. The van der Waals surface area contributed by atoms with E-state index in [4.69, 9.17) is 11.2 Å². The number of hydrogen-bond donors (Lipinski definition) is 0. The van der Waals surface area contributed by atoms with Crippen molar-refractivity contribution in [2.24, 2.45) is 0 Å². The molecule has 72 valence electrons. The fourth-order valence-corrected chi connectivity index (χ4v) is 1.07. The van der Waals surface area contributed by atoms with Crippen molar-refractivity contribution in [3.63, 3.8) is 0 Å². The maximum atomic E-state index is 11.2. The molecule has 2 heteroatoms. The zero-order chi connectivity index (χ0) is 10.6. The summed E-state index contributed by atoms with van der Waals surface area (Å²) < 4.78 is 5.43. The molecule has 1 aromatic rings. The van der Waals surface area contributed by atoms with E-state index in [2.05, 4.69) is 5.92 Å². The third-order valence-corrected chi connectivity index (χ3v) is 1.60. The molecule has 0 aromatic heterocycles. The Balaban J connectivity index is 2.91. The minimum Gasteiger partial charge on any atom is -0.491 e. The Morgan fingerprint density at radius 1 is 1.50 bits per heavy atom. The predicted octanol–water partition coefficient (Wildman–Crippen LogP) is 2.29. The molecule has 0 saturated heterocycles. The molecule has 14 heavy (non-hydrogen) atoms. The number of carbonyl (C=O) groups excluding carboxylic acids is 1. The van der Waals surface area contributed by atoms with E-state index in [1.807, 2.05) is 13.8 Å². The summed E-state index contributed by atoms with van der Waals surface area (Å²) in [5, 5.41) is 0. The molecular weight excluding hydrogens is 176 g/mol. The number of ether oxygens (including phenoxy) is 1. The van der Waals surface area contributed by atoms with Gasteiger partial charge in [-0.3, -0.25) is 4.79 Å². The van der Waals surface area contributed by atoms with E-state index in [-0.39, 0.29) is 11.9 Å². The van der Waals surface area contributed by atoms with E-state index in [1.165, 1.54) is 0 Å². The molecule has 2 nitrogen and oxygen atoms in total. The van der Waals surface area contributed by atoms with Crippen LogP contribution in [0.15, 0.2) is 24.3 Å². The summed E-state index contributed by atoms with van der Waals surface area (Å²) in [4.78, 5) is 11.2. The van der Waals surface area contributed by atoms with Gasteiger partial charge in [0.1, 0.15) is 5.75 Å². The van der Waals surface area contributed by atoms with Crippen LogP contribution in [0.3, 0.4) is 0 Å². The van der Waals surface area contributed by atoms with Crippen molar-refractivity contribution in [2.75, 3.05) is 0 Å². The number of rotatable bonds is 3. The van der Waals surface area contributed by atoms with Gasteiger partial charge in [0.25, 0.3) is 0 Å². The lowest BCUT2D eigenvalue weighted by Gasteiger charge is -2.09. The summed E-state index contributed by atoms with van der Waals surface area (Å²) in [7, 11) is 0. The molecule has 1 aromatic carbocycles. The van der Waals surface area contributed by atoms with Crippen molar-refractivity contribution in [3.05, 3.63) is 29.8 Å². The Morgan fingerprint density at radius 2 is 2.21 bits per heavy atom. The summed E-state index contributed by atoms with van der Waals surface area (Å²) in [5.74, 6) is 2.41. The number of hydrogen-bond acceptors (Lipinski definition) is 2. The SMILES string of the molecule is C#CC(=O)c1cccc(OC(C)C)c1. The third-order valence-electron chi connectivity index (χ3n) is 1.60. The van der Waals surface area contributed by atoms with Crippen molar-refractivity contribution in [1.82, 2.24) is 0 Å². The highest BCUT2D eigenvalue weighted by molar-refractivity contribution is 6.08. The first kappa shape index (κ1) is 10.3. The van der Waals surface area contributed by atoms with E-state index in [0.29, 0.717) is 11.3 Å². The van der Waals surface area contributed by atoms with Crippen LogP contribution >= 0.6 is 0 Å². The molecule has 0 N–H and O–H groups in total. The first-order chi connectivity index (χ1) is 6.63. The van der Waals surface area contributed by atoms with Crippen LogP contribution in [-0.4, -0.2) is 11.9 Å². The van der Waals surface area contributed by atoms with Gasteiger partial charge in [0.2, 0.25) is 5.78 Å². The Labute approximate surface area is 83.9 Å². The predicted molar refractivity (Wildman–Crippen MR) is 55.4 cm³/mol. The van der Waals surface area contributed by atoms with E-state index < -0.39 is 0 Å². The van der Waals surface area contributed by atoms with Gasteiger partial charge < -0.3 is 4.74 Å². The fourth-order valence-electron chi connectivity index (χ4n) is 1.07. The van der Waals surface area contributed by atoms with Crippen molar-refractivity contribution in [1.29, 1.82) is 0 Å². The monoisotopic (exact) mass is 188 g/mol. The molecular formula is C12H12O2. The topological polar surface area (TPSA) is 26.3 Å². The molecule has 0 amide bonds. The Hall–Kier alpha value is -1.75. The van der Waals surface area contributed by atoms with Crippen molar-refractivity contribution in [3.8, 4) is 18.1 Å². The van der Waals surface area contributed by atoms with Crippen LogP contribution in [-0.2, 0) is 0 Å². The standard InChI is InChI=1S/C12H12O2/c1-4-12(13)10-6-5-7-11(8-10)14-9(2)3/h1,5-9H,2-3H3. The Bertz CT molecular complexity index is 372. The molecule has 1 rings (SSSR count). The summed E-state index contributed by atoms with van der Waals surface area (Å²) in [5.41, 5.74) is 0.491. The summed E-state index contributed by atoms with van der Waals surface area (Å²) in [6.07, 6.45) is 5.10. The molecule has 0 aliphatic rings. The minimum absolute atomic E-state index is 0.0891. The van der Waals surface area contributed by atoms with Gasteiger partial charge in [-0.2, -0.15) is 0 Å². The van der Waals surface area contributed by atoms with Crippen LogP contribution < -0.4 is 4.74 Å². The normalized spacial score (nSPS) is 9.57. The van der Waals surface area contributed by atoms with E-state index >= 15 is 0 Å². The molecule has 0 unspecified atom stereocenters. The highest BCUT2D eigenvalue weighted by Crippen LogP contribution is 2.14. The van der Waals surface area contributed by atoms with Crippen LogP contribution in [0.2, 0.25) is 0 Å². The fraction of sp³-hybridized carbons (Fsp3) is 0.250. The average molecular weight is 188 g/mol. The van der Waals surface area contributed by atoms with Crippen LogP contribution in [0, 0.1) is 12.3 Å². The summed E-state index contributed by atoms with van der Waals surface area (Å²) in [6, 6.07) is 6.88. The van der Waals surface area contributed by atoms with Crippen LogP contribution in [0.1, 0.15) is 24.2 Å². The number of benzene rings is 1. The van der Waals surface area contributed by atoms with Gasteiger partial charge in [-0.1, -0.05) is 12.1 Å². The number of carbonyl (C=O) groups is 1. The first-order valence-corrected chi connectivity index (χ1v) is 4.41. The maximum Gasteiger partial charge on any atom is 0.235 e. The van der Waals surface area contributed by atoms with Gasteiger partial charge in [0.05, 0.1) is 6.10 Å². The molecule has 0 aliphatic carbocycles.